The van der Waals surface area contributed by atoms with Crippen molar-refractivity contribution < 1.29 is 4.79 Å². The Kier molecular flexibility index (Phi) is 5.59. The summed E-state index contributed by atoms with van der Waals surface area (Å²) in [5.41, 5.74) is 2.81. The van der Waals surface area contributed by atoms with Crippen LogP contribution in [0.3, 0.4) is 0 Å². The van der Waals surface area contributed by atoms with Crippen LogP contribution >= 0.6 is 11.6 Å². The van der Waals surface area contributed by atoms with Gasteiger partial charge < -0.3 is 4.90 Å². The van der Waals surface area contributed by atoms with Gasteiger partial charge >= 0.3 is 0 Å². The van der Waals surface area contributed by atoms with Gasteiger partial charge in [-0.1, -0.05) is 35.9 Å². The molecule has 0 spiro atoms. The first kappa shape index (κ1) is 19.9. The maximum atomic E-state index is 13.0. The fraction of sp³-hybridized carbons (Fsp3) is 0.435. The highest BCUT2D eigenvalue weighted by molar-refractivity contribution is 6.31. The third-order valence-electron chi connectivity index (χ3n) is 5.97. The lowest BCUT2D eigenvalue weighted by Gasteiger charge is -2.33. The van der Waals surface area contributed by atoms with E-state index in [0.29, 0.717) is 11.4 Å². The summed E-state index contributed by atoms with van der Waals surface area (Å²) < 4.78 is 1.88. The number of aromatic nitrogens is 3. The van der Waals surface area contributed by atoms with E-state index in [4.69, 9.17) is 16.6 Å². The van der Waals surface area contributed by atoms with Crippen molar-refractivity contribution in [1.82, 2.24) is 19.7 Å². The number of pyridine rings is 1. The van der Waals surface area contributed by atoms with Crippen molar-refractivity contribution >= 4 is 28.3 Å². The molecule has 4 rings (SSSR count). The van der Waals surface area contributed by atoms with E-state index >= 15 is 0 Å². The topological polar surface area (TPSA) is 51.0 Å². The van der Waals surface area contributed by atoms with Crippen LogP contribution in [0.4, 0.5) is 0 Å². The molecule has 5 nitrogen and oxygen atoms in total. The number of piperidine rings is 1. The molecular weight excluding hydrogens is 384 g/mol. The molecule has 0 N–H and O–H groups in total. The summed E-state index contributed by atoms with van der Waals surface area (Å²) in [7, 11) is 0. The van der Waals surface area contributed by atoms with Crippen LogP contribution in [0.5, 0.6) is 0 Å². The number of hydrogen-bond donors (Lipinski definition) is 0. The summed E-state index contributed by atoms with van der Waals surface area (Å²) in [5.74, 6) is 0.461. The van der Waals surface area contributed by atoms with E-state index in [2.05, 4.69) is 29.4 Å². The Labute approximate surface area is 176 Å². The Morgan fingerprint density at radius 1 is 1.28 bits per heavy atom. The number of likely N-dealkylation sites (tertiary alicyclic amines) is 1. The second-order valence-electron chi connectivity index (χ2n) is 8.12. The number of fused-ring (bicyclic) bond motifs is 1. The average Bonchev–Trinajstić information content (AvgIpc) is 3.01. The normalized spacial score (nSPS) is 18.2. The van der Waals surface area contributed by atoms with E-state index in [9.17, 15) is 4.79 Å². The Morgan fingerprint density at radius 3 is 2.76 bits per heavy atom. The van der Waals surface area contributed by atoms with Gasteiger partial charge in [-0.25, -0.2) is 0 Å². The molecule has 0 saturated carbocycles. The monoisotopic (exact) mass is 410 g/mol. The number of carbonyl (C=O) groups is 1. The first-order chi connectivity index (χ1) is 13.9. The van der Waals surface area contributed by atoms with Crippen LogP contribution in [0.25, 0.3) is 10.8 Å². The summed E-state index contributed by atoms with van der Waals surface area (Å²) in [4.78, 5) is 19.7. The zero-order chi connectivity index (χ0) is 20.5. The molecule has 1 aliphatic heterocycles. The van der Waals surface area contributed by atoms with E-state index in [1.54, 1.807) is 0 Å². The van der Waals surface area contributed by atoms with Gasteiger partial charge in [0, 0.05) is 42.7 Å². The summed E-state index contributed by atoms with van der Waals surface area (Å²) in [5, 5.41) is 7.54. The van der Waals surface area contributed by atoms with Crippen molar-refractivity contribution in [2.45, 2.75) is 52.0 Å². The molecule has 1 fully saturated rings. The minimum absolute atomic E-state index is 0.0205. The summed E-state index contributed by atoms with van der Waals surface area (Å²) >= 11 is 6.27. The summed E-state index contributed by atoms with van der Waals surface area (Å²) in [6.45, 7) is 7.42. The molecular formula is C23H27ClN4O. The minimum atomic E-state index is -0.0205. The van der Waals surface area contributed by atoms with Crippen molar-refractivity contribution in [3.63, 3.8) is 0 Å². The van der Waals surface area contributed by atoms with E-state index in [1.165, 1.54) is 5.39 Å². The summed E-state index contributed by atoms with van der Waals surface area (Å²) in [6, 6.07) is 10.4. The molecule has 0 unspecified atom stereocenters. The highest BCUT2D eigenvalue weighted by Gasteiger charge is 2.27. The number of halogens is 1. The second kappa shape index (κ2) is 8.15. The molecule has 3 heterocycles. The maximum absolute atomic E-state index is 13.0. The zero-order valence-electron chi connectivity index (χ0n) is 17.2. The average molecular weight is 411 g/mol. The smallest absolute Gasteiger partial charge is 0.224 e. The van der Waals surface area contributed by atoms with Crippen LogP contribution in [0.2, 0.25) is 5.02 Å². The van der Waals surface area contributed by atoms with Gasteiger partial charge in [0.05, 0.1) is 22.5 Å². The van der Waals surface area contributed by atoms with Gasteiger partial charge in [0.2, 0.25) is 5.91 Å². The van der Waals surface area contributed by atoms with Gasteiger partial charge in [-0.3, -0.25) is 14.5 Å². The molecule has 0 radical (unpaired) electrons. The minimum Gasteiger partial charge on any atom is -0.342 e. The van der Waals surface area contributed by atoms with Crippen LogP contribution in [-0.4, -0.2) is 38.7 Å². The van der Waals surface area contributed by atoms with E-state index in [-0.39, 0.29) is 17.9 Å². The van der Waals surface area contributed by atoms with Crippen LogP contribution in [0, 0.1) is 13.8 Å². The SMILES string of the molecule is Cc1nn([C@H](C)CC(=O)N2CCC[C@@H](c3cc4ccccc4cn3)C2)c(C)c1Cl. The molecule has 152 valence electrons. The highest BCUT2D eigenvalue weighted by atomic mass is 35.5. The lowest BCUT2D eigenvalue weighted by molar-refractivity contribution is -0.133. The molecule has 3 aromatic rings. The number of benzene rings is 1. The highest BCUT2D eigenvalue weighted by Crippen LogP contribution is 2.29. The molecule has 2 aromatic heterocycles. The predicted octanol–water partition coefficient (Wildman–Crippen LogP) is 5.06. The Bertz CT molecular complexity index is 1040. The van der Waals surface area contributed by atoms with Gasteiger partial charge in [-0.15, -0.1) is 0 Å². The standard InChI is InChI=1S/C23H27ClN4O/c1-15(28-17(3)23(24)16(2)26-28)11-22(29)27-10-6-9-20(14-27)21-12-18-7-4-5-8-19(18)13-25-21/h4-5,7-8,12-13,15,20H,6,9-11,14H2,1-3H3/t15-,20-/m1/s1. The van der Waals surface area contributed by atoms with Crippen LogP contribution < -0.4 is 0 Å². The first-order valence-electron chi connectivity index (χ1n) is 10.3. The van der Waals surface area contributed by atoms with Crippen molar-refractivity contribution in [3.05, 3.63) is 58.6 Å². The Balaban J connectivity index is 1.45. The lowest BCUT2D eigenvalue weighted by Crippen LogP contribution is -2.40. The fourth-order valence-electron chi connectivity index (χ4n) is 4.31. The molecule has 29 heavy (non-hydrogen) atoms. The van der Waals surface area contributed by atoms with Gasteiger partial charge in [0.15, 0.2) is 0 Å². The quantitative estimate of drug-likeness (QED) is 0.604. The number of rotatable bonds is 4. The molecule has 0 aliphatic carbocycles. The van der Waals surface area contributed by atoms with Gasteiger partial charge in [-0.2, -0.15) is 5.10 Å². The molecule has 0 bridgehead atoms. The lowest BCUT2D eigenvalue weighted by atomic mass is 9.93. The van der Waals surface area contributed by atoms with E-state index < -0.39 is 0 Å². The van der Waals surface area contributed by atoms with Crippen LogP contribution in [0.1, 0.15) is 55.2 Å². The molecule has 2 atom stereocenters. The van der Waals surface area contributed by atoms with E-state index in [0.717, 1.165) is 48.4 Å². The number of aryl methyl sites for hydroxylation is 1. The maximum Gasteiger partial charge on any atom is 0.224 e. The number of carbonyl (C=O) groups excluding carboxylic acids is 1. The van der Waals surface area contributed by atoms with Crippen molar-refractivity contribution in [2.24, 2.45) is 0 Å². The zero-order valence-corrected chi connectivity index (χ0v) is 18.0. The molecule has 6 heteroatoms. The second-order valence-corrected chi connectivity index (χ2v) is 8.50. The number of hydrogen-bond acceptors (Lipinski definition) is 3. The van der Waals surface area contributed by atoms with Crippen molar-refractivity contribution in [2.75, 3.05) is 13.1 Å². The van der Waals surface area contributed by atoms with Crippen LogP contribution in [0.15, 0.2) is 36.5 Å². The fourth-order valence-corrected chi connectivity index (χ4v) is 4.43. The van der Waals surface area contributed by atoms with Crippen molar-refractivity contribution in [3.8, 4) is 0 Å². The summed E-state index contributed by atoms with van der Waals surface area (Å²) in [6.07, 6.45) is 4.44. The van der Waals surface area contributed by atoms with Gasteiger partial charge in [-0.05, 0) is 45.1 Å². The predicted molar refractivity (Wildman–Crippen MR) is 116 cm³/mol. The third kappa shape index (κ3) is 4.01. The molecule has 1 amide bonds. The molecule has 1 aromatic carbocycles. The number of amides is 1. The van der Waals surface area contributed by atoms with Gasteiger partial charge in [0.1, 0.15) is 0 Å². The van der Waals surface area contributed by atoms with Gasteiger partial charge in [0.25, 0.3) is 0 Å². The Morgan fingerprint density at radius 2 is 2.03 bits per heavy atom. The number of nitrogens with zero attached hydrogens (tertiary/aromatic N) is 4. The third-order valence-corrected chi connectivity index (χ3v) is 6.52. The molecule has 1 aliphatic rings. The Hall–Kier alpha value is -2.40. The molecule has 1 saturated heterocycles. The van der Waals surface area contributed by atoms with Crippen LogP contribution in [-0.2, 0) is 4.79 Å². The first-order valence-corrected chi connectivity index (χ1v) is 10.7. The largest absolute Gasteiger partial charge is 0.342 e. The van der Waals surface area contributed by atoms with E-state index in [1.807, 2.05) is 42.6 Å². The van der Waals surface area contributed by atoms with Crippen molar-refractivity contribution in [1.29, 1.82) is 0 Å².